The van der Waals surface area contributed by atoms with Crippen molar-refractivity contribution in [1.29, 1.82) is 0 Å². The van der Waals surface area contributed by atoms with Crippen molar-refractivity contribution >= 4 is 39.6 Å². The number of hydrogen-bond donors (Lipinski definition) is 2. The summed E-state index contributed by atoms with van der Waals surface area (Å²) < 4.78 is 6.14. The summed E-state index contributed by atoms with van der Waals surface area (Å²) in [7, 11) is 0. The first-order valence-corrected chi connectivity index (χ1v) is 8.52. The molecule has 1 aromatic carbocycles. The number of carbonyl (C=O) groups is 2. The molecule has 2 N–H and O–H groups in total. The van der Waals surface area contributed by atoms with Crippen molar-refractivity contribution in [2.24, 2.45) is 0 Å². The second-order valence-corrected chi connectivity index (χ2v) is 6.30. The molecule has 21 heavy (non-hydrogen) atoms. The molecule has 0 aliphatic heterocycles. The van der Waals surface area contributed by atoms with E-state index >= 15 is 0 Å². The summed E-state index contributed by atoms with van der Waals surface area (Å²) in [5.74, 6) is -0.265. The molecular weight excluding hydrogens is 358 g/mol. The van der Waals surface area contributed by atoms with Crippen LogP contribution in [0.3, 0.4) is 0 Å². The lowest BCUT2D eigenvalue weighted by Crippen LogP contribution is -2.43. The summed E-state index contributed by atoms with van der Waals surface area (Å²) in [5.41, 5.74) is 1.07. The highest BCUT2D eigenvalue weighted by molar-refractivity contribution is 9.10. The topological polar surface area (TPSA) is 75.6 Å². The predicted molar refractivity (Wildman–Crippen MR) is 86.9 cm³/mol. The van der Waals surface area contributed by atoms with Gasteiger partial charge in [-0.25, -0.2) is 4.79 Å². The van der Waals surface area contributed by atoms with Crippen molar-refractivity contribution in [1.82, 2.24) is 5.32 Å². The Labute approximate surface area is 136 Å². The van der Waals surface area contributed by atoms with Crippen LogP contribution in [0, 0.1) is 6.92 Å². The van der Waals surface area contributed by atoms with Gasteiger partial charge in [0, 0.05) is 0 Å². The maximum Gasteiger partial charge on any atom is 0.326 e. The number of ether oxygens (including phenoxy) is 1. The van der Waals surface area contributed by atoms with Crippen molar-refractivity contribution in [3.63, 3.8) is 0 Å². The quantitative estimate of drug-likeness (QED) is 0.729. The second-order valence-electron chi connectivity index (χ2n) is 4.46. The Kier molecular flexibility index (Phi) is 7.60. The molecule has 0 heterocycles. The van der Waals surface area contributed by atoms with Crippen LogP contribution < -0.4 is 10.1 Å². The molecule has 7 heteroatoms. The molecule has 0 aliphatic rings. The first-order valence-electron chi connectivity index (χ1n) is 6.34. The standard InChI is InChI=1S/C14H18BrNO4S/c1-9-3-4-12(10(15)7-9)20-8-13(17)16-11(14(18)19)5-6-21-2/h3-4,7,11H,5-6,8H2,1-2H3,(H,16,17)(H,18,19)/t11-/m1/s1. The fourth-order valence-electron chi connectivity index (χ4n) is 1.60. The first kappa shape index (κ1) is 17.8. The highest BCUT2D eigenvalue weighted by Gasteiger charge is 2.19. The van der Waals surface area contributed by atoms with E-state index in [-0.39, 0.29) is 6.61 Å². The first-order chi connectivity index (χ1) is 9.93. The van der Waals surface area contributed by atoms with E-state index in [1.54, 1.807) is 6.07 Å². The number of nitrogens with one attached hydrogen (secondary N) is 1. The molecule has 0 saturated carbocycles. The summed E-state index contributed by atoms with van der Waals surface area (Å²) in [5, 5.41) is 11.5. The maximum atomic E-state index is 11.8. The number of rotatable bonds is 8. The Hall–Kier alpha value is -1.21. The van der Waals surface area contributed by atoms with E-state index < -0.39 is 17.9 Å². The minimum Gasteiger partial charge on any atom is -0.483 e. The van der Waals surface area contributed by atoms with E-state index in [1.807, 2.05) is 25.3 Å². The molecular formula is C14H18BrNO4S. The minimum absolute atomic E-state index is 0.218. The largest absolute Gasteiger partial charge is 0.483 e. The molecule has 5 nitrogen and oxygen atoms in total. The van der Waals surface area contributed by atoms with Gasteiger partial charge in [0.05, 0.1) is 4.47 Å². The molecule has 1 amide bonds. The van der Waals surface area contributed by atoms with Crippen molar-refractivity contribution in [2.75, 3.05) is 18.6 Å². The molecule has 1 aromatic rings. The van der Waals surface area contributed by atoms with Crippen molar-refractivity contribution < 1.29 is 19.4 Å². The number of aliphatic carboxylic acids is 1. The molecule has 0 spiro atoms. The van der Waals surface area contributed by atoms with Crippen LogP contribution in [0.25, 0.3) is 0 Å². The highest BCUT2D eigenvalue weighted by Crippen LogP contribution is 2.25. The number of aryl methyl sites for hydroxylation is 1. The lowest BCUT2D eigenvalue weighted by Gasteiger charge is -2.14. The SMILES string of the molecule is CSCC[C@@H](NC(=O)COc1ccc(C)cc1Br)C(=O)O. The molecule has 0 fully saturated rings. The highest BCUT2D eigenvalue weighted by atomic mass is 79.9. The van der Waals surface area contributed by atoms with Gasteiger partial charge in [0.2, 0.25) is 0 Å². The summed E-state index contributed by atoms with van der Waals surface area (Å²) in [6.07, 6.45) is 2.27. The zero-order chi connectivity index (χ0) is 15.8. The second kappa shape index (κ2) is 8.94. The molecule has 0 aliphatic carbocycles. The molecule has 116 valence electrons. The Morgan fingerprint density at radius 3 is 2.76 bits per heavy atom. The Bertz CT molecular complexity index is 510. The number of halogens is 1. The van der Waals surface area contributed by atoms with Gasteiger partial charge >= 0.3 is 5.97 Å². The molecule has 0 unspecified atom stereocenters. The number of amides is 1. The van der Waals surface area contributed by atoms with Gasteiger partial charge < -0.3 is 15.2 Å². The lowest BCUT2D eigenvalue weighted by atomic mass is 10.2. The van der Waals surface area contributed by atoms with E-state index in [9.17, 15) is 9.59 Å². The van der Waals surface area contributed by atoms with Crippen molar-refractivity contribution in [2.45, 2.75) is 19.4 Å². The summed E-state index contributed by atoms with van der Waals surface area (Å²) in [4.78, 5) is 22.8. The smallest absolute Gasteiger partial charge is 0.326 e. The number of carboxylic acid groups (broad SMARTS) is 1. The fraction of sp³-hybridized carbons (Fsp3) is 0.429. The van der Waals surface area contributed by atoms with E-state index in [4.69, 9.17) is 9.84 Å². The normalized spacial score (nSPS) is 11.8. The summed E-state index contributed by atoms with van der Waals surface area (Å²) in [6.45, 7) is 1.73. The number of carbonyl (C=O) groups excluding carboxylic acids is 1. The van der Waals surface area contributed by atoms with Gasteiger partial charge in [0.25, 0.3) is 5.91 Å². The van der Waals surface area contributed by atoms with Crippen LogP contribution in [-0.4, -0.2) is 41.6 Å². The van der Waals surface area contributed by atoms with Crippen LogP contribution in [-0.2, 0) is 9.59 Å². The third-order valence-electron chi connectivity index (χ3n) is 2.69. The summed E-state index contributed by atoms with van der Waals surface area (Å²) in [6, 6.07) is 4.63. The zero-order valence-electron chi connectivity index (χ0n) is 11.9. The van der Waals surface area contributed by atoms with Crippen LogP contribution in [0.4, 0.5) is 0 Å². The third-order valence-corrected chi connectivity index (χ3v) is 3.95. The zero-order valence-corrected chi connectivity index (χ0v) is 14.3. The van der Waals surface area contributed by atoms with Crippen LogP contribution in [0.5, 0.6) is 5.75 Å². The van der Waals surface area contributed by atoms with Crippen LogP contribution in [0.2, 0.25) is 0 Å². The lowest BCUT2D eigenvalue weighted by molar-refractivity contribution is -0.142. The minimum atomic E-state index is -1.03. The number of carboxylic acids is 1. The molecule has 0 bridgehead atoms. The van der Waals surface area contributed by atoms with Gasteiger partial charge in [-0.05, 0) is 59.0 Å². The average Bonchev–Trinajstić information content (AvgIpc) is 2.42. The van der Waals surface area contributed by atoms with E-state index in [0.717, 1.165) is 10.0 Å². The van der Waals surface area contributed by atoms with Gasteiger partial charge in [-0.1, -0.05) is 6.07 Å². The monoisotopic (exact) mass is 375 g/mol. The Morgan fingerprint density at radius 1 is 1.48 bits per heavy atom. The van der Waals surface area contributed by atoms with Crippen molar-refractivity contribution in [3.8, 4) is 5.75 Å². The van der Waals surface area contributed by atoms with E-state index in [0.29, 0.717) is 17.9 Å². The van der Waals surface area contributed by atoms with Crippen LogP contribution in [0.1, 0.15) is 12.0 Å². The predicted octanol–water partition coefficient (Wildman–Crippen LogP) is 2.46. The van der Waals surface area contributed by atoms with Crippen LogP contribution in [0.15, 0.2) is 22.7 Å². The maximum absolute atomic E-state index is 11.8. The number of benzene rings is 1. The Balaban J connectivity index is 2.50. The summed E-state index contributed by atoms with van der Waals surface area (Å²) >= 11 is 4.89. The van der Waals surface area contributed by atoms with Gasteiger partial charge in [-0.15, -0.1) is 0 Å². The van der Waals surface area contributed by atoms with Gasteiger partial charge in [-0.2, -0.15) is 11.8 Å². The third kappa shape index (κ3) is 6.39. The molecule has 1 atom stereocenters. The van der Waals surface area contributed by atoms with E-state index in [2.05, 4.69) is 21.2 Å². The molecule has 0 saturated heterocycles. The molecule has 0 radical (unpaired) electrons. The van der Waals surface area contributed by atoms with E-state index in [1.165, 1.54) is 11.8 Å². The molecule has 0 aromatic heterocycles. The van der Waals surface area contributed by atoms with Gasteiger partial charge in [-0.3, -0.25) is 4.79 Å². The fourth-order valence-corrected chi connectivity index (χ4v) is 2.67. The average molecular weight is 376 g/mol. The number of thioether (sulfide) groups is 1. The number of hydrogen-bond acceptors (Lipinski definition) is 4. The van der Waals surface area contributed by atoms with Crippen LogP contribution >= 0.6 is 27.7 Å². The molecule has 1 rings (SSSR count). The van der Waals surface area contributed by atoms with Gasteiger partial charge in [0.15, 0.2) is 6.61 Å². The van der Waals surface area contributed by atoms with Gasteiger partial charge in [0.1, 0.15) is 11.8 Å². The Morgan fingerprint density at radius 2 is 2.19 bits per heavy atom. The van der Waals surface area contributed by atoms with Crippen molar-refractivity contribution in [3.05, 3.63) is 28.2 Å².